The summed E-state index contributed by atoms with van der Waals surface area (Å²) in [5, 5.41) is 4.90. The van der Waals surface area contributed by atoms with E-state index in [2.05, 4.69) is 275 Å². The Bertz CT molecular complexity index is 4040. The van der Waals surface area contributed by atoms with E-state index in [0.717, 1.165) is 34.9 Å². The number of aromatic nitrogens is 3. The van der Waals surface area contributed by atoms with Crippen LogP contribution in [0.15, 0.2) is 261 Å². The number of fused-ring (bicyclic) bond motifs is 6. The molecule has 13 aromatic rings. The van der Waals surface area contributed by atoms with E-state index >= 15 is 0 Å². The number of pyridine rings is 1. The average Bonchev–Trinajstić information content (AvgIpc) is 3.98. The molecule has 3 heterocycles. The van der Waals surface area contributed by atoms with Gasteiger partial charge in [-0.25, -0.2) is 0 Å². The van der Waals surface area contributed by atoms with Gasteiger partial charge in [0, 0.05) is 62.4 Å². The third-order valence-electron chi connectivity index (χ3n) is 14.6. The lowest BCUT2D eigenvalue weighted by Crippen LogP contribution is -2.09. The molecular weight excluding hydrogens is 885 g/mol. The number of hydrogen-bond acceptors (Lipinski definition) is 2. The maximum absolute atomic E-state index is 4.35. The molecule has 3 aromatic heterocycles. The Hall–Kier alpha value is -9.25. The monoisotopic (exact) mass is 936 g/mol. The highest BCUT2D eigenvalue weighted by atomic mass is 15.1. The molecule has 0 N–H and O–H groups in total. The molecule has 0 aliphatic carbocycles. The number of anilines is 3. The van der Waals surface area contributed by atoms with Gasteiger partial charge in [-0.3, -0.25) is 4.98 Å². The fraction of sp³-hybridized carbons (Fsp3) is 0.0580. The Labute approximate surface area is 426 Å². The Kier molecular flexibility index (Phi) is 11.3. The number of para-hydroxylation sites is 2. The molecule has 348 valence electrons. The molecule has 0 aliphatic rings. The fourth-order valence-corrected chi connectivity index (χ4v) is 10.9. The van der Waals surface area contributed by atoms with E-state index in [4.69, 9.17) is 0 Å². The highest BCUT2D eigenvalue weighted by Crippen LogP contribution is 2.41. The van der Waals surface area contributed by atoms with Crippen molar-refractivity contribution in [3.05, 3.63) is 267 Å². The molecule has 0 atom stereocenters. The van der Waals surface area contributed by atoms with Gasteiger partial charge in [0.25, 0.3) is 0 Å². The van der Waals surface area contributed by atoms with Gasteiger partial charge in [-0.1, -0.05) is 153 Å². The third-order valence-corrected chi connectivity index (χ3v) is 14.6. The lowest BCUT2D eigenvalue weighted by Gasteiger charge is -2.25. The summed E-state index contributed by atoms with van der Waals surface area (Å²) in [6.45, 7) is 2.26. The van der Waals surface area contributed by atoms with Gasteiger partial charge in [0.1, 0.15) is 0 Å². The Morgan fingerprint density at radius 3 is 1.18 bits per heavy atom. The van der Waals surface area contributed by atoms with Crippen molar-refractivity contribution in [2.45, 2.75) is 26.2 Å². The van der Waals surface area contributed by atoms with Crippen LogP contribution in [0.25, 0.3) is 99.5 Å². The highest BCUT2D eigenvalue weighted by Gasteiger charge is 2.19. The zero-order valence-corrected chi connectivity index (χ0v) is 40.7. The molecule has 0 amide bonds. The van der Waals surface area contributed by atoms with E-state index in [1.165, 1.54) is 107 Å². The largest absolute Gasteiger partial charge is 0.311 e. The second-order valence-electron chi connectivity index (χ2n) is 19.1. The molecule has 0 aliphatic heterocycles. The van der Waals surface area contributed by atoms with Gasteiger partial charge < -0.3 is 14.0 Å². The molecule has 0 fully saturated rings. The van der Waals surface area contributed by atoms with E-state index in [0.29, 0.717) is 0 Å². The predicted molar refractivity (Wildman–Crippen MR) is 308 cm³/mol. The number of benzene rings is 10. The van der Waals surface area contributed by atoms with E-state index in [9.17, 15) is 0 Å². The Morgan fingerprint density at radius 1 is 0.329 bits per heavy atom. The fourth-order valence-electron chi connectivity index (χ4n) is 10.9. The summed E-state index contributed by atoms with van der Waals surface area (Å²) in [5.74, 6) is 0. The summed E-state index contributed by atoms with van der Waals surface area (Å²) in [7, 11) is 0. The van der Waals surface area contributed by atoms with Gasteiger partial charge >= 0.3 is 0 Å². The normalized spacial score (nSPS) is 11.5. The molecule has 13 rings (SSSR count). The van der Waals surface area contributed by atoms with Gasteiger partial charge in [0.05, 0.1) is 22.1 Å². The molecule has 73 heavy (non-hydrogen) atoms. The van der Waals surface area contributed by atoms with Crippen molar-refractivity contribution in [2.75, 3.05) is 4.90 Å². The van der Waals surface area contributed by atoms with Gasteiger partial charge in [-0.2, -0.15) is 0 Å². The summed E-state index contributed by atoms with van der Waals surface area (Å²) < 4.78 is 4.81. The number of hydrogen-bond donors (Lipinski definition) is 0. The summed E-state index contributed by atoms with van der Waals surface area (Å²) in [5.41, 5.74) is 21.3. The second-order valence-corrected chi connectivity index (χ2v) is 19.1. The molecular formula is C69H52N4. The van der Waals surface area contributed by atoms with Crippen LogP contribution < -0.4 is 4.90 Å². The molecule has 0 saturated carbocycles. The van der Waals surface area contributed by atoms with E-state index in [1.807, 2.05) is 12.4 Å². The SMILES string of the molecule is CCCCc1cccc(-c2ccc3c(c2)c2cc(-c4ccc5c(c4)c4cc(-c6ccccc6)ccc4n5-c4ccncc4)ccc2n3-c2ccc(-c3ccc(N(c4ccccc4)c4ccccc4)cc3)cc2)c1. The van der Waals surface area contributed by atoms with Crippen LogP contribution in [0, 0.1) is 0 Å². The number of rotatable bonds is 12. The van der Waals surface area contributed by atoms with Crippen LogP contribution in [0.2, 0.25) is 0 Å². The van der Waals surface area contributed by atoms with E-state index < -0.39 is 0 Å². The van der Waals surface area contributed by atoms with Crippen LogP contribution in [-0.2, 0) is 6.42 Å². The Morgan fingerprint density at radius 2 is 0.699 bits per heavy atom. The summed E-state index contributed by atoms with van der Waals surface area (Å²) >= 11 is 0. The molecule has 0 radical (unpaired) electrons. The van der Waals surface area contributed by atoms with Crippen molar-refractivity contribution in [3.8, 4) is 55.9 Å². The molecule has 10 aromatic carbocycles. The standard InChI is InChI=1S/C69H52N4/c1-2-3-14-48-15-13-18-52(43-48)54-28-36-66-63(45-54)65-47-55(56-30-38-69-64(46-56)62-44-53(49-16-7-4-8-17-49)27-35-68(62)73(69)61-39-41-70-42-40-61)29-37-67(65)72(66)60-33-25-51(26-34-60)50-23-31-59(32-24-50)71(57-19-9-5-10-20-57)58-21-11-6-12-22-58/h4-13,15-47H,2-3,14H2,1H3. The van der Waals surface area contributed by atoms with E-state index in [-0.39, 0.29) is 0 Å². The number of unbranched alkanes of at least 4 members (excludes halogenated alkanes) is 1. The van der Waals surface area contributed by atoms with Crippen molar-refractivity contribution in [1.29, 1.82) is 0 Å². The van der Waals surface area contributed by atoms with Crippen molar-refractivity contribution >= 4 is 60.7 Å². The summed E-state index contributed by atoms with van der Waals surface area (Å²) in [6.07, 6.45) is 7.21. The minimum absolute atomic E-state index is 1.09. The topological polar surface area (TPSA) is 26.0 Å². The lowest BCUT2D eigenvalue weighted by atomic mass is 9.97. The highest BCUT2D eigenvalue weighted by molar-refractivity contribution is 6.14. The number of nitrogens with zero attached hydrogens (tertiary/aromatic N) is 4. The summed E-state index contributed by atoms with van der Waals surface area (Å²) in [4.78, 5) is 6.65. The van der Waals surface area contributed by atoms with E-state index in [1.54, 1.807) is 0 Å². The third kappa shape index (κ3) is 8.13. The van der Waals surface area contributed by atoms with Crippen molar-refractivity contribution in [3.63, 3.8) is 0 Å². The van der Waals surface area contributed by atoms with Crippen LogP contribution in [0.5, 0.6) is 0 Å². The average molecular weight is 937 g/mol. The van der Waals surface area contributed by atoms with Crippen LogP contribution >= 0.6 is 0 Å². The molecule has 4 nitrogen and oxygen atoms in total. The zero-order valence-electron chi connectivity index (χ0n) is 40.7. The first-order valence-electron chi connectivity index (χ1n) is 25.5. The quantitative estimate of drug-likeness (QED) is 0.122. The smallest absolute Gasteiger partial charge is 0.0541 e. The lowest BCUT2D eigenvalue weighted by molar-refractivity contribution is 0.795. The van der Waals surface area contributed by atoms with Crippen LogP contribution in [-0.4, -0.2) is 14.1 Å². The zero-order chi connectivity index (χ0) is 48.7. The first-order chi connectivity index (χ1) is 36.1. The molecule has 0 saturated heterocycles. The van der Waals surface area contributed by atoms with Gasteiger partial charge in [-0.15, -0.1) is 0 Å². The van der Waals surface area contributed by atoms with Gasteiger partial charge in [0.15, 0.2) is 0 Å². The minimum atomic E-state index is 1.09. The maximum Gasteiger partial charge on any atom is 0.0541 e. The molecule has 0 unspecified atom stereocenters. The molecule has 0 spiro atoms. The minimum Gasteiger partial charge on any atom is -0.311 e. The molecule has 0 bridgehead atoms. The second kappa shape index (κ2) is 18.8. The first-order valence-corrected chi connectivity index (χ1v) is 25.5. The van der Waals surface area contributed by atoms with Gasteiger partial charge in [-0.05, 0) is 172 Å². The maximum atomic E-state index is 4.35. The predicted octanol–water partition coefficient (Wildman–Crippen LogP) is 18.8. The van der Waals surface area contributed by atoms with Crippen molar-refractivity contribution in [1.82, 2.24) is 14.1 Å². The van der Waals surface area contributed by atoms with Gasteiger partial charge in [0.2, 0.25) is 0 Å². The number of aryl methyl sites for hydroxylation is 1. The summed E-state index contributed by atoms with van der Waals surface area (Å²) in [6, 6.07) is 91.1. The van der Waals surface area contributed by atoms with Crippen molar-refractivity contribution in [2.24, 2.45) is 0 Å². The van der Waals surface area contributed by atoms with Crippen molar-refractivity contribution < 1.29 is 0 Å². The van der Waals surface area contributed by atoms with Crippen LogP contribution in [0.4, 0.5) is 17.1 Å². The molecule has 4 heteroatoms. The Balaban J connectivity index is 0.921. The first kappa shape index (κ1) is 43.7. The van der Waals surface area contributed by atoms with Crippen LogP contribution in [0.1, 0.15) is 25.3 Å². The van der Waals surface area contributed by atoms with Crippen LogP contribution in [0.3, 0.4) is 0 Å².